The zero-order valence-corrected chi connectivity index (χ0v) is 44.6. The van der Waals surface area contributed by atoms with Crippen molar-refractivity contribution in [3.05, 3.63) is 0 Å². The molecule has 65 heavy (non-hydrogen) atoms. The fourth-order valence-electron chi connectivity index (χ4n) is 8.99. The van der Waals surface area contributed by atoms with Crippen LogP contribution in [0.4, 0.5) is 0 Å². The maximum absolute atomic E-state index is 12.8. The van der Waals surface area contributed by atoms with Gasteiger partial charge in [-0.1, -0.05) is 291 Å². The largest absolute Gasteiger partial charge is 0.462 e. The van der Waals surface area contributed by atoms with Gasteiger partial charge >= 0.3 is 17.9 Å². The molecule has 0 saturated heterocycles. The first-order chi connectivity index (χ1) is 31.8. The highest BCUT2D eigenvalue weighted by atomic mass is 16.6. The molecule has 0 fully saturated rings. The lowest BCUT2D eigenvalue weighted by Gasteiger charge is -2.18. The molecule has 0 radical (unpaired) electrons. The average molecular weight is 920 g/mol. The van der Waals surface area contributed by atoms with E-state index >= 15 is 0 Å². The smallest absolute Gasteiger partial charge is 0.306 e. The van der Waals surface area contributed by atoms with Crippen LogP contribution in [0.1, 0.15) is 330 Å². The molecule has 0 heterocycles. The number of ether oxygens (including phenoxy) is 3. The molecule has 0 aromatic rings. The number of carbonyl (C=O) groups is 3. The molecule has 6 heteroatoms. The molecule has 0 N–H and O–H groups in total. The van der Waals surface area contributed by atoms with Crippen LogP contribution in [0.3, 0.4) is 0 Å². The summed E-state index contributed by atoms with van der Waals surface area (Å²) in [4.78, 5) is 38.1. The average Bonchev–Trinajstić information content (AvgIpc) is 3.30. The van der Waals surface area contributed by atoms with Crippen molar-refractivity contribution in [3.8, 4) is 0 Å². The van der Waals surface area contributed by atoms with Gasteiger partial charge in [0, 0.05) is 19.3 Å². The van der Waals surface area contributed by atoms with Crippen LogP contribution in [0.2, 0.25) is 0 Å². The summed E-state index contributed by atoms with van der Waals surface area (Å²) in [6, 6.07) is 0. The number of hydrogen-bond donors (Lipinski definition) is 0. The van der Waals surface area contributed by atoms with Gasteiger partial charge in [0.15, 0.2) is 6.10 Å². The van der Waals surface area contributed by atoms with Crippen LogP contribution in [0.15, 0.2) is 0 Å². The number of hydrogen-bond acceptors (Lipinski definition) is 6. The lowest BCUT2D eigenvalue weighted by molar-refractivity contribution is -0.167. The van der Waals surface area contributed by atoms with Crippen LogP contribution < -0.4 is 0 Å². The SMILES string of the molecule is CCCCCCCCCCCCCC(=O)OC[C@H](COC(=O)CCCCCCCCCCCCCCCCCCCCC(C)CC)OC(=O)CCCCCCCCCCCCC(C)CC. The summed E-state index contributed by atoms with van der Waals surface area (Å²) in [7, 11) is 0. The Kier molecular flexibility index (Phi) is 50.5. The van der Waals surface area contributed by atoms with Crippen molar-refractivity contribution in [2.24, 2.45) is 11.8 Å². The molecule has 0 rings (SSSR count). The Morgan fingerprint density at radius 1 is 0.308 bits per heavy atom. The summed E-state index contributed by atoms with van der Waals surface area (Å²) in [6.07, 6.45) is 55.1. The highest BCUT2D eigenvalue weighted by Crippen LogP contribution is 2.19. The van der Waals surface area contributed by atoms with Crippen molar-refractivity contribution in [3.63, 3.8) is 0 Å². The molecular formula is C59H114O6. The van der Waals surface area contributed by atoms with Crippen LogP contribution in [-0.4, -0.2) is 37.2 Å². The first-order valence-corrected chi connectivity index (χ1v) is 29.3. The van der Waals surface area contributed by atoms with Gasteiger partial charge in [-0.05, 0) is 31.1 Å². The standard InChI is InChI=1S/C59H114O6/c1-6-9-10-11-12-13-22-29-34-39-44-49-57(60)63-52-56(65-59(62)51-46-41-36-31-26-25-28-33-38-43-48-55(5)8-3)53-64-58(61)50-45-40-35-30-24-21-19-17-15-14-16-18-20-23-27-32-37-42-47-54(4)7-2/h54-56H,6-53H2,1-5H3/t54?,55?,56-/m1/s1. The van der Waals surface area contributed by atoms with E-state index in [1.165, 1.54) is 218 Å². The molecule has 0 aliphatic rings. The molecule has 0 aliphatic heterocycles. The highest BCUT2D eigenvalue weighted by molar-refractivity contribution is 5.71. The maximum Gasteiger partial charge on any atom is 0.306 e. The van der Waals surface area contributed by atoms with Crippen molar-refractivity contribution >= 4 is 17.9 Å². The topological polar surface area (TPSA) is 78.9 Å². The van der Waals surface area contributed by atoms with Gasteiger partial charge in [-0.25, -0.2) is 0 Å². The Balaban J connectivity index is 4.21. The normalized spacial score (nSPS) is 12.9. The van der Waals surface area contributed by atoms with E-state index < -0.39 is 6.10 Å². The second kappa shape index (κ2) is 51.8. The van der Waals surface area contributed by atoms with E-state index in [4.69, 9.17) is 14.2 Å². The molecule has 0 bridgehead atoms. The Bertz CT molecular complexity index is 997. The molecule has 0 aromatic carbocycles. The van der Waals surface area contributed by atoms with Gasteiger partial charge in [-0.2, -0.15) is 0 Å². The molecule has 0 amide bonds. The van der Waals surface area contributed by atoms with Crippen molar-refractivity contribution in [1.29, 1.82) is 0 Å². The summed E-state index contributed by atoms with van der Waals surface area (Å²) in [5, 5.41) is 0. The zero-order valence-electron chi connectivity index (χ0n) is 44.6. The van der Waals surface area contributed by atoms with Gasteiger partial charge < -0.3 is 14.2 Å². The van der Waals surface area contributed by atoms with Crippen LogP contribution in [0.25, 0.3) is 0 Å². The molecule has 6 nitrogen and oxygen atoms in total. The molecule has 0 spiro atoms. The fraction of sp³-hybridized carbons (Fsp3) is 0.949. The number of rotatable bonds is 53. The Labute approximate surface area is 406 Å². The third-order valence-corrected chi connectivity index (χ3v) is 14.2. The van der Waals surface area contributed by atoms with Gasteiger partial charge in [-0.3, -0.25) is 14.4 Å². The van der Waals surface area contributed by atoms with Gasteiger partial charge in [0.1, 0.15) is 13.2 Å². The van der Waals surface area contributed by atoms with Gasteiger partial charge in [0.05, 0.1) is 0 Å². The minimum Gasteiger partial charge on any atom is -0.462 e. The summed E-state index contributed by atoms with van der Waals surface area (Å²) in [6.45, 7) is 11.5. The molecule has 0 aromatic heterocycles. The maximum atomic E-state index is 12.8. The van der Waals surface area contributed by atoms with Gasteiger partial charge in [0.25, 0.3) is 0 Å². The molecule has 386 valence electrons. The third-order valence-electron chi connectivity index (χ3n) is 14.2. The Morgan fingerprint density at radius 3 is 0.800 bits per heavy atom. The lowest BCUT2D eigenvalue weighted by atomic mass is 9.99. The van der Waals surface area contributed by atoms with E-state index in [-0.39, 0.29) is 31.1 Å². The summed E-state index contributed by atoms with van der Waals surface area (Å²) < 4.78 is 16.9. The van der Waals surface area contributed by atoms with E-state index in [0.717, 1.165) is 69.6 Å². The Hall–Kier alpha value is -1.59. The monoisotopic (exact) mass is 919 g/mol. The van der Waals surface area contributed by atoms with Crippen LogP contribution in [0.5, 0.6) is 0 Å². The quantitative estimate of drug-likeness (QED) is 0.0344. The van der Waals surface area contributed by atoms with Crippen LogP contribution in [-0.2, 0) is 28.6 Å². The first kappa shape index (κ1) is 63.4. The summed E-state index contributed by atoms with van der Waals surface area (Å²) >= 11 is 0. The number of carbonyl (C=O) groups excluding carboxylic acids is 3. The van der Waals surface area contributed by atoms with Crippen molar-refractivity contribution in [2.75, 3.05) is 13.2 Å². The summed E-state index contributed by atoms with van der Waals surface area (Å²) in [5.41, 5.74) is 0. The van der Waals surface area contributed by atoms with Crippen LogP contribution >= 0.6 is 0 Å². The minimum absolute atomic E-state index is 0.0628. The van der Waals surface area contributed by atoms with Crippen molar-refractivity contribution in [1.82, 2.24) is 0 Å². The second-order valence-electron chi connectivity index (χ2n) is 20.8. The van der Waals surface area contributed by atoms with Gasteiger partial charge in [-0.15, -0.1) is 0 Å². The Morgan fingerprint density at radius 2 is 0.538 bits per heavy atom. The van der Waals surface area contributed by atoms with Crippen molar-refractivity contribution < 1.29 is 28.6 Å². The zero-order chi connectivity index (χ0) is 47.5. The van der Waals surface area contributed by atoms with Gasteiger partial charge in [0.2, 0.25) is 0 Å². The number of esters is 3. The fourth-order valence-corrected chi connectivity index (χ4v) is 8.99. The third kappa shape index (κ3) is 50.1. The lowest BCUT2D eigenvalue weighted by Crippen LogP contribution is -2.30. The van der Waals surface area contributed by atoms with E-state index in [1.54, 1.807) is 0 Å². The predicted octanol–water partition coefficient (Wildman–Crippen LogP) is 19.3. The van der Waals surface area contributed by atoms with E-state index in [1.807, 2.05) is 0 Å². The molecule has 0 saturated carbocycles. The molecular weight excluding hydrogens is 805 g/mol. The minimum atomic E-state index is -0.762. The van der Waals surface area contributed by atoms with Crippen LogP contribution in [0, 0.1) is 11.8 Å². The first-order valence-electron chi connectivity index (χ1n) is 29.3. The van der Waals surface area contributed by atoms with E-state index in [0.29, 0.717) is 19.3 Å². The molecule has 3 atom stereocenters. The van der Waals surface area contributed by atoms with E-state index in [2.05, 4.69) is 34.6 Å². The highest BCUT2D eigenvalue weighted by Gasteiger charge is 2.19. The second-order valence-corrected chi connectivity index (χ2v) is 20.8. The summed E-state index contributed by atoms with van der Waals surface area (Å²) in [5.74, 6) is 0.936. The molecule has 0 aliphatic carbocycles. The number of unbranched alkanes of at least 4 members (excludes halogenated alkanes) is 36. The van der Waals surface area contributed by atoms with Crippen molar-refractivity contribution in [2.45, 2.75) is 336 Å². The molecule has 2 unspecified atom stereocenters. The van der Waals surface area contributed by atoms with E-state index in [9.17, 15) is 14.4 Å². The predicted molar refractivity (Wildman–Crippen MR) is 280 cm³/mol.